The number of carbonyl (C=O) groups is 2. The lowest BCUT2D eigenvalue weighted by Gasteiger charge is -2.40. The normalized spacial score (nSPS) is 30.5. The van der Waals surface area contributed by atoms with E-state index < -0.39 is 5.54 Å². The van der Waals surface area contributed by atoms with Gasteiger partial charge in [0.2, 0.25) is 11.8 Å². The Kier molecular flexibility index (Phi) is 5.68. The molecule has 2 amide bonds. The summed E-state index contributed by atoms with van der Waals surface area (Å²) in [7, 11) is 0. The molecule has 2 N–H and O–H groups in total. The molecular formula is C19H34N4O2. The molecule has 0 aromatic heterocycles. The first kappa shape index (κ1) is 18.6. The van der Waals surface area contributed by atoms with Crippen molar-refractivity contribution in [3.05, 3.63) is 0 Å². The number of likely N-dealkylation sites (tertiary alicyclic amines) is 1. The molecule has 0 aromatic rings. The molecule has 2 heterocycles. The second kappa shape index (κ2) is 7.62. The summed E-state index contributed by atoms with van der Waals surface area (Å²) in [5.41, 5.74) is 5.68. The lowest BCUT2D eigenvalue weighted by Crippen LogP contribution is -2.59. The van der Waals surface area contributed by atoms with E-state index in [0.29, 0.717) is 31.5 Å². The van der Waals surface area contributed by atoms with Crippen LogP contribution in [0.25, 0.3) is 0 Å². The van der Waals surface area contributed by atoms with Crippen LogP contribution in [0.5, 0.6) is 0 Å². The van der Waals surface area contributed by atoms with Crippen LogP contribution in [-0.2, 0) is 9.59 Å². The van der Waals surface area contributed by atoms with Gasteiger partial charge in [-0.3, -0.25) is 14.5 Å². The van der Waals surface area contributed by atoms with Gasteiger partial charge < -0.3 is 15.5 Å². The van der Waals surface area contributed by atoms with Crippen LogP contribution in [0.4, 0.5) is 0 Å². The summed E-state index contributed by atoms with van der Waals surface area (Å²) in [6.07, 6.45) is 4.96. The standard InChI is InChI=1S/C19H34N4O2/c1-15-11-16(2)13-23(12-15)17(24)14-21-7-9-22(10-8-21)18(25)19(20)5-3-4-6-19/h15-16H,3-14,20H2,1-2H3. The van der Waals surface area contributed by atoms with Crippen LogP contribution < -0.4 is 5.73 Å². The average molecular weight is 351 g/mol. The molecule has 142 valence electrons. The smallest absolute Gasteiger partial charge is 0.242 e. The molecule has 1 saturated carbocycles. The van der Waals surface area contributed by atoms with E-state index in [1.807, 2.05) is 9.80 Å². The molecule has 6 nitrogen and oxygen atoms in total. The van der Waals surface area contributed by atoms with Crippen LogP contribution in [0.15, 0.2) is 0 Å². The summed E-state index contributed by atoms with van der Waals surface area (Å²) in [6.45, 7) is 9.64. The Morgan fingerprint density at radius 2 is 1.52 bits per heavy atom. The first-order chi connectivity index (χ1) is 11.9. The number of carbonyl (C=O) groups excluding carboxylic acids is 2. The van der Waals surface area contributed by atoms with Gasteiger partial charge >= 0.3 is 0 Å². The third kappa shape index (κ3) is 4.34. The van der Waals surface area contributed by atoms with E-state index in [0.717, 1.165) is 51.9 Å². The largest absolute Gasteiger partial charge is 0.341 e. The van der Waals surface area contributed by atoms with Gasteiger partial charge in [0.25, 0.3) is 0 Å². The first-order valence-electron chi connectivity index (χ1n) is 9.96. The topological polar surface area (TPSA) is 69.9 Å². The minimum absolute atomic E-state index is 0.120. The van der Waals surface area contributed by atoms with Crippen LogP contribution in [0, 0.1) is 11.8 Å². The van der Waals surface area contributed by atoms with Crippen LogP contribution in [0.2, 0.25) is 0 Å². The molecule has 3 rings (SSSR count). The SMILES string of the molecule is CC1CC(C)CN(C(=O)CN2CCN(C(=O)C3(N)CCCC3)CC2)C1. The van der Waals surface area contributed by atoms with E-state index >= 15 is 0 Å². The quantitative estimate of drug-likeness (QED) is 0.821. The fourth-order valence-electron chi connectivity index (χ4n) is 4.80. The van der Waals surface area contributed by atoms with Gasteiger partial charge in [0.1, 0.15) is 0 Å². The number of nitrogens with zero attached hydrogens (tertiary/aromatic N) is 3. The molecule has 2 aliphatic heterocycles. The number of hydrogen-bond donors (Lipinski definition) is 1. The van der Waals surface area contributed by atoms with Gasteiger partial charge in [-0.05, 0) is 31.1 Å². The first-order valence-corrected chi connectivity index (χ1v) is 9.96. The Hall–Kier alpha value is -1.14. The van der Waals surface area contributed by atoms with Crippen molar-refractivity contribution in [1.82, 2.24) is 14.7 Å². The molecule has 0 aromatic carbocycles. The van der Waals surface area contributed by atoms with Crippen LogP contribution in [0.1, 0.15) is 46.0 Å². The Labute approximate surface area is 151 Å². The summed E-state index contributed by atoms with van der Waals surface area (Å²) in [5.74, 6) is 1.54. The predicted octanol–water partition coefficient (Wildman–Crippen LogP) is 0.907. The zero-order valence-corrected chi connectivity index (χ0v) is 15.9. The molecule has 2 atom stereocenters. The van der Waals surface area contributed by atoms with Crippen molar-refractivity contribution in [2.75, 3.05) is 45.8 Å². The fourth-order valence-corrected chi connectivity index (χ4v) is 4.80. The Balaban J connectivity index is 1.46. The number of amides is 2. The van der Waals surface area contributed by atoms with Crippen LogP contribution in [0.3, 0.4) is 0 Å². The Morgan fingerprint density at radius 3 is 2.08 bits per heavy atom. The molecule has 0 bridgehead atoms. The van der Waals surface area contributed by atoms with Crippen molar-refractivity contribution < 1.29 is 9.59 Å². The molecular weight excluding hydrogens is 316 g/mol. The molecule has 1 aliphatic carbocycles. The Morgan fingerprint density at radius 1 is 0.960 bits per heavy atom. The minimum Gasteiger partial charge on any atom is -0.341 e. The second-order valence-corrected chi connectivity index (χ2v) is 8.68. The van der Waals surface area contributed by atoms with Crippen LogP contribution in [-0.4, -0.2) is 77.9 Å². The average Bonchev–Trinajstić information content (AvgIpc) is 3.02. The van der Waals surface area contributed by atoms with Crippen molar-refractivity contribution in [2.45, 2.75) is 51.5 Å². The molecule has 0 spiro atoms. The summed E-state index contributed by atoms with van der Waals surface area (Å²) < 4.78 is 0. The summed E-state index contributed by atoms with van der Waals surface area (Å²) in [6, 6.07) is 0. The molecule has 6 heteroatoms. The van der Waals surface area contributed by atoms with E-state index in [9.17, 15) is 9.59 Å². The number of nitrogens with two attached hydrogens (primary N) is 1. The minimum atomic E-state index is -0.627. The summed E-state index contributed by atoms with van der Waals surface area (Å²) >= 11 is 0. The summed E-state index contributed by atoms with van der Waals surface area (Å²) in [4.78, 5) is 31.4. The van der Waals surface area contributed by atoms with E-state index in [4.69, 9.17) is 5.73 Å². The maximum absolute atomic E-state index is 12.7. The lowest BCUT2D eigenvalue weighted by atomic mass is 9.92. The number of piperidine rings is 1. The van der Waals surface area contributed by atoms with Gasteiger partial charge in [-0.15, -0.1) is 0 Å². The highest BCUT2D eigenvalue weighted by molar-refractivity contribution is 5.86. The van der Waals surface area contributed by atoms with E-state index in [2.05, 4.69) is 18.7 Å². The molecule has 0 radical (unpaired) electrons. The van der Waals surface area contributed by atoms with Gasteiger partial charge in [0.05, 0.1) is 12.1 Å². The molecule has 25 heavy (non-hydrogen) atoms. The van der Waals surface area contributed by atoms with Gasteiger partial charge in [-0.25, -0.2) is 0 Å². The molecule has 3 aliphatic rings. The fraction of sp³-hybridized carbons (Fsp3) is 0.895. The summed E-state index contributed by atoms with van der Waals surface area (Å²) in [5, 5.41) is 0. The highest BCUT2D eigenvalue weighted by Gasteiger charge is 2.40. The van der Waals surface area contributed by atoms with Crippen molar-refractivity contribution >= 4 is 11.8 Å². The highest BCUT2D eigenvalue weighted by Crippen LogP contribution is 2.29. The van der Waals surface area contributed by atoms with Gasteiger partial charge in [0.15, 0.2) is 0 Å². The maximum Gasteiger partial charge on any atom is 0.242 e. The highest BCUT2D eigenvalue weighted by atomic mass is 16.2. The number of piperazine rings is 1. The van der Waals surface area contributed by atoms with Crippen molar-refractivity contribution in [2.24, 2.45) is 17.6 Å². The second-order valence-electron chi connectivity index (χ2n) is 8.68. The maximum atomic E-state index is 12.7. The number of rotatable bonds is 3. The van der Waals surface area contributed by atoms with Crippen LogP contribution >= 0.6 is 0 Å². The predicted molar refractivity (Wildman–Crippen MR) is 97.9 cm³/mol. The van der Waals surface area contributed by atoms with E-state index in [-0.39, 0.29) is 11.8 Å². The Bertz CT molecular complexity index is 486. The monoisotopic (exact) mass is 350 g/mol. The third-order valence-corrected chi connectivity index (χ3v) is 6.16. The van der Waals surface area contributed by atoms with Crippen molar-refractivity contribution in [3.8, 4) is 0 Å². The van der Waals surface area contributed by atoms with Gasteiger partial charge in [-0.2, -0.15) is 0 Å². The van der Waals surface area contributed by atoms with Crippen molar-refractivity contribution in [1.29, 1.82) is 0 Å². The van der Waals surface area contributed by atoms with E-state index in [1.165, 1.54) is 6.42 Å². The van der Waals surface area contributed by atoms with Crippen molar-refractivity contribution in [3.63, 3.8) is 0 Å². The van der Waals surface area contributed by atoms with Gasteiger partial charge in [-0.1, -0.05) is 26.7 Å². The zero-order chi connectivity index (χ0) is 18.0. The lowest BCUT2D eigenvalue weighted by molar-refractivity contribution is -0.140. The third-order valence-electron chi connectivity index (χ3n) is 6.16. The molecule has 2 saturated heterocycles. The van der Waals surface area contributed by atoms with E-state index in [1.54, 1.807) is 0 Å². The zero-order valence-electron chi connectivity index (χ0n) is 15.9. The molecule has 2 unspecified atom stereocenters. The number of hydrogen-bond acceptors (Lipinski definition) is 4. The van der Waals surface area contributed by atoms with Gasteiger partial charge in [0, 0.05) is 39.3 Å². The molecule has 3 fully saturated rings.